The third-order valence-electron chi connectivity index (χ3n) is 6.38. The second-order valence-corrected chi connectivity index (χ2v) is 9.84. The second-order valence-electron chi connectivity index (χ2n) is 8.87. The van der Waals surface area contributed by atoms with Gasteiger partial charge in [0.2, 0.25) is 5.76 Å². The van der Waals surface area contributed by atoms with Crippen LogP contribution in [0.15, 0.2) is 88.1 Å². The molecule has 3 aromatic carbocycles. The van der Waals surface area contributed by atoms with Crippen molar-refractivity contribution in [2.75, 3.05) is 11.5 Å². The number of rotatable bonds is 6. The van der Waals surface area contributed by atoms with Gasteiger partial charge in [-0.2, -0.15) is 0 Å². The van der Waals surface area contributed by atoms with Crippen LogP contribution < -0.4 is 15.1 Å². The second kappa shape index (κ2) is 9.85. The van der Waals surface area contributed by atoms with Gasteiger partial charge in [0.25, 0.3) is 5.91 Å². The van der Waals surface area contributed by atoms with Gasteiger partial charge in [0.15, 0.2) is 10.6 Å². The third kappa shape index (κ3) is 4.26. The molecule has 39 heavy (non-hydrogen) atoms. The van der Waals surface area contributed by atoms with Crippen LogP contribution in [0.25, 0.3) is 11.0 Å². The lowest BCUT2D eigenvalue weighted by molar-refractivity contribution is 0.0531. The van der Waals surface area contributed by atoms with Crippen LogP contribution in [0.3, 0.4) is 0 Å². The van der Waals surface area contributed by atoms with E-state index in [9.17, 15) is 14.4 Å². The summed E-state index contributed by atoms with van der Waals surface area (Å²) in [5.74, 6) is 0.0967. The Bertz CT molecular complexity index is 1790. The number of fused-ring (bicyclic) bond motifs is 2. The van der Waals surface area contributed by atoms with E-state index in [4.69, 9.17) is 13.9 Å². The smallest absolute Gasteiger partial charge is 0.350 e. The predicted octanol–water partition coefficient (Wildman–Crippen LogP) is 6.28. The van der Waals surface area contributed by atoms with Crippen molar-refractivity contribution in [1.29, 1.82) is 0 Å². The van der Waals surface area contributed by atoms with E-state index < -0.39 is 17.9 Å². The predicted molar refractivity (Wildman–Crippen MR) is 147 cm³/mol. The lowest BCUT2D eigenvalue weighted by Gasteiger charge is -2.23. The maximum Gasteiger partial charge on any atom is 0.350 e. The van der Waals surface area contributed by atoms with Crippen molar-refractivity contribution in [2.45, 2.75) is 19.9 Å². The van der Waals surface area contributed by atoms with Crippen LogP contribution >= 0.6 is 11.3 Å². The first-order valence-corrected chi connectivity index (χ1v) is 13.1. The Balaban J connectivity index is 1.53. The molecule has 194 valence electrons. The number of amides is 1. The Morgan fingerprint density at radius 1 is 1.00 bits per heavy atom. The molecule has 0 N–H and O–H groups in total. The summed E-state index contributed by atoms with van der Waals surface area (Å²) in [5, 5.41) is 0.630. The molecule has 0 radical (unpaired) electrons. The largest absolute Gasteiger partial charge is 0.462 e. The Morgan fingerprint density at radius 3 is 2.54 bits per heavy atom. The molecular weight excluding hydrogens is 516 g/mol. The minimum Gasteiger partial charge on any atom is -0.462 e. The van der Waals surface area contributed by atoms with E-state index >= 15 is 0 Å². The highest BCUT2D eigenvalue weighted by Crippen LogP contribution is 2.44. The van der Waals surface area contributed by atoms with Crippen molar-refractivity contribution in [3.8, 4) is 11.5 Å². The van der Waals surface area contributed by atoms with Gasteiger partial charge in [0.05, 0.1) is 29.3 Å². The van der Waals surface area contributed by atoms with E-state index in [-0.39, 0.29) is 28.5 Å². The van der Waals surface area contributed by atoms with E-state index in [0.717, 1.165) is 11.3 Å². The fourth-order valence-electron chi connectivity index (χ4n) is 4.68. The number of nitrogens with zero attached hydrogens (tertiary/aromatic N) is 2. The first-order valence-electron chi connectivity index (χ1n) is 12.3. The molecular formula is C30H22N2O6S. The standard InChI is InChI=1S/C30H22N2O6S/c1-3-36-29(35)27-17(2)31-30(39-27)32-24(18-10-9-13-20(16-18)37-19-11-5-4-6-12-19)23-25(33)21-14-7-8-15-22(21)38-26(23)28(32)34/h4-16,24H,3H2,1-2H3. The molecule has 0 bridgehead atoms. The van der Waals surface area contributed by atoms with Gasteiger partial charge in [-0.15, -0.1) is 0 Å². The summed E-state index contributed by atoms with van der Waals surface area (Å²) in [6, 6.07) is 22.5. The average Bonchev–Trinajstić information content (AvgIpc) is 3.47. The molecule has 5 aromatic rings. The fraction of sp³-hybridized carbons (Fsp3) is 0.133. The molecule has 0 saturated carbocycles. The molecule has 0 spiro atoms. The van der Waals surface area contributed by atoms with Gasteiger partial charge in [-0.1, -0.05) is 53.8 Å². The SMILES string of the molecule is CCOC(=O)c1sc(N2C(=O)c3oc4ccccc4c(=O)c3C2c2cccc(Oc3ccccc3)c2)nc1C. The Morgan fingerprint density at radius 2 is 1.74 bits per heavy atom. The van der Waals surface area contributed by atoms with E-state index in [2.05, 4.69) is 4.98 Å². The van der Waals surface area contributed by atoms with Crippen LogP contribution in [0, 0.1) is 6.92 Å². The van der Waals surface area contributed by atoms with Crippen LogP contribution in [0.1, 0.15) is 50.0 Å². The minimum atomic E-state index is -0.853. The van der Waals surface area contributed by atoms with E-state index in [1.807, 2.05) is 36.4 Å². The number of thiazole rings is 1. The van der Waals surface area contributed by atoms with Crippen molar-refractivity contribution in [2.24, 2.45) is 0 Å². The summed E-state index contributed by atoms with van der Waals surface area (Å²) < 4.78 is 17.2. The number of para-hydroxylation sites is 2. The van der Waals surface area contributed by atoms with Crippen molar-refractivity contribution < 1.29 is 23.5 Å². The summed E-state index contributed by atoms with van der Waals surface area (Å²) in [7, 11) is 0. The van der Waals surface area contributed by atoms with Crippen LogP contribution in [-0.4, -0.2) is 23.5 Å². The lowest BCUT2D eigenvalue weighted by atomic mass is 9.98. The summed E-state index contributed by atoms with van der Waals surface area (Å²) in [5.41, 5.74) is 1.28. The fourth-order valence-corrected chi connectivity index (χ4v) is 5.66. The zero-order chi connectivity index (χ0) is 27.1. The van der Waals surface area contributed by atoms with E-state index in [1.165, 1.54) is 4.90 Å². The quantitative estimate of drug-likeness (QED) is 0.235. The number of carbonyl (C=O) groups excluding carboxylic acids is 2. The lowest BCUT2D eigenvalue weighted by Crippen LogP contribution is -2.29. The molecule has 0 fully saturated rings. The summed E-state index contributed by atoms with van der Waals surface area (Å²) in [6.07, 6.45) is 0. The van der Waals surface area contributed by atoms with Gasteiger partial charge in [-0.3, -0.25) is 14.5 Å². The van der Waals surface area contributed by atoms with Crippen molar-refractivity contribution >= 4 is 39.3 Å². The number of anilines is 1. The number of hydrogen-bond acceptors (Lipinski definition) is 8. The molecule has 9 heteroatoms. The molecule has 0 saturated heterocycles. The van der Waals surface area contributed by atoms with Crippen LogP contribution in [-0.2, 0) is 4.74 Å². The number of aromatic nitrogens is 1. The average molecular weight is 539 g/mol. The maximum absolute atomic E-state index is 13.9. The molecule has 1 aliphatic rings. The van der Waals surface area contributed by atoms with Crippen LogP contribution in [0.5, 0.6) is 11.5 Å². The molecule has 8 nitrogen and oxygen atoms in total. The van der Waals surface area contributed by atoms with E-state index in [1.54, 1.807) is 56.3 Å². The Hall–Kier alpha value is -4.76. The monoisotopic (exact) mass is 538 g/mol. The highest BCUT2D eigenvalue weighted by Gasteiger charge is 2.45. The van der Waals surface area contributed by atoms with Crippen molar-refractivity contribution in [3.63, 3.8) is 0 Å². The third-order valence-corrected chi connectivity index (χ3v) is 7.52. The van der Waals surface area contributed by atoms with Gasteiger partial charge < -0.3 is 13.9 Å². The van der Waals surface area contributed by atoms with E-state index in [0.29, 0.717) is 38.6 Å². The summed E-state index contributed by atoms with van der Waals surface area (Å²) in [6.45, 7) is 3.61. The van der Waals surface area contributed by atoms with Crippen LogP contribution in [0.4, 0.5) is 5.13 Å². The molecule has 1 aliphatic heterocycles. The Kier molecular flexibility index (Phi) is 6.20. The maximum atomic E-state index is 13.9. The van der Waals surface area contributed by atoms with Gasteiger partial charge in [-0.05, 0) is 55.8 Å². The first-order chi connectivity index (χ1) is 19.0. The van der Waals surface area contributed by atoms with Crippen LogP contribution in [0.2, 0.25) is 0 Å². The Labute approximate surface area is 227 Å². The highest BCUT2D eigenvalue weighted by molar-refractivity contribution is 7.17. The molecule has 3 heterocycles. The van der Waals surface area contributed by atoms with Crippen molar-refractivity contribution in [3.05, 3.63) is 117 Å². The molecule has 2 aromatic heterocycles. The summed E-state index contributed by atoms with van der Waals surface area (Å²) >= 11 is 1.04. The van der Waals surface area contributed by atoms with Gasteiger partial charge in [0, 0.05) is 0 Å². The van der Waals surface area contributed by atoms with Gasteiger partial charge in [0.1, 0.15) is 22.0 Å². The number of hydrogen-bond donors (Lipinski definition) is 0. The summed E-state index contributed by atoms with van der Waals surface area (Å²) in [4.78, 5) is 46.5. The topological polar surface area (TPSA) is 98.9 Å². The number of benzene rings is 3. The number of esters is 1. The number of aryl methyl sites for hydroxylation is 1. The highest BCUT2D eigenvalue weighted by atomic mass is 32.1. The first kappa shape index (κ1) is 24.6. The van der Waals surface area contributed by atoms with Gasteiger partial charge >= 0.3 is 5.97 Å². The van der Waals surface area contributed by atoms with Gasteiger partial charge in [-0.25, -0.2) is 9.78 Å². The zero-order valence-corrected chi connectivity index (χ0v) is 21.9. The molecule has 1 atom stereocenters. The normalized spacial score (nSPS) is 14.5. The molecule has 1 unspecified atom stereocenters. The molecule has 1 amide bonds. The molecule has 6 rings (SSSR count). The zero-order valence-electron chi connectivity index (χ0n) is 21.0. The van der Waals surface area contributed by atoms with Crippen molar-refractivity contribution in [1.82, 2.24) is 4.98 Å². The molecule has 0 aliphatic carbocycles. The number of ether oxygens (including phenoxy) is 2. The number of carbonyl (C=O) groups is 2. The minimum absolute atomic E-state index is 0.0522.